The zero-order valence-electron chi connectivity index (χ0n) is 11.4. The number of hydrazone groups is 1. The Kier molecular flexibility index (Phi) is 6.07. The highest BCUT2D eigenvalue weighted by Gasteiger charge is 2.30. The molecule has 0 aliphatic carbocycles. The Morgan fingerprint density at radius 2 is 2.10 bits per heavy atom. The number of alkyl halides is 3. The molecule has 1 aromatic carbocycles. The molecule has 0 aliphatic rings. The summed E-state index contributed by atoms with van der Waals surface area (Å²) in [6.07, 6.45) is -3.77. The van der Waals surface area contributed by atoms with Gasteiger partial charge in [-0.1, -0.05) is 25.1 Å². The van der Waals surface area contributed by atoms with Gasteiger partial charge in [0.05, 0.1) is 5.56 Å². The number of nitrogens with two attached hydrogens (primary N) is 2. The quantitative estimate of drug-likeness (QED) is 0.387. The Labute approximate surface area is 124 Å². The van der Waals surface area contributed by atoms with E-state index in [0.717, 1.165) is 23.9 Å². The lowest BCUT2D eigenvalue weighted by atomic mass is 9.95. The van der Waals surface area contributed by atoms with Crippen molar-refractivity contribution < 1.29 is 18.0 Å². The van der Waals surface area contributed by atoms with Gasteiger partial charge < -0.3 is 11.6 Å². The number of nitrogens with zero attached hydrogens (tertiary/aromatic N) is 1. The summed E-state index contributed by atoms with van der Waals surface area (Å²) < 4.78 is 37.9. The molecule has 1 atom stereocenters. The zero-order chi connectivity index (χ0) is 16.0. The zero-order valence-corrected chi connectivity index (χ0v) is 12.2. The lowest BCUT2D eigenvalue weighted by Gasteiger charge is -2.14. The summed E-state index contributed by atoms with van der Waals surface area (Å²) in [5.41, 5.74) is 5.16. The number of hydrogen-bond acceptors (Lipinski definition) is 4. The molecule has 21 heavy (non-hydrogen) atoms. The van der Waals surface area contributed by atoms with Crippen LogP contribution < -0.4 is 11.6 Å². The first kappa shape index (κ1) is 17.4. The Balaban J connectivity index is 2.64. The Bertz CT molecular complexity index is 532. The van der Waals surface area contributed by atoms with Gasteiger partial charge in [-0.15, -0.1) is 0 Å². The first-order chi connectivity index (χ1) is 9.74. The van der Waals surface area contributed by atoms with Gasteiger partial charge in [0.15, 0.2) is 10.3 Å². The Morgan fingerprint density at radius 1 is 1.43 bits per heavy atom. The van der Waals surface area contributed by atoms with Crippen LogP contribution in [0.25, 0.3) is 0 Å². The summed E-state index contributed by atoms with van der Waals surface area (Å²) in [7, 11) is 0. The molecule has 0 bridgehead atoms. The van der Waals surface area contributed by atoms with Crippen molar-refractivity contribution in [3.8, 4) is 0 Å². The molecular formula is C13H16F3N3OS. The largest absolute Gasteiger partial charge is 0.416 e. The molecule has 1 rings (SSSR count). The van der Waals surface area contributed by atoms with Crippen LogP contribution in [0.2, 0.25) is 0 Å². The van der Waals surface area contributed by atoms with E-state index >= 15 is 0 Å². The van der Waals surface area contributed by atoms with Gasteiger partial charge in [-0.2, -0.15) is 18.3 Å². The standard InChI is InChI=1S/C13H16F3N3OS/c1-8(5-6-11(20)21-12(17)19-18)9-3-2-4-10(7-9)13(14,15)16/h2-4,7-8H,5-6,18H2,1H3,(H2,17,19). The fourth-order valence-corrected chi connectivity index (χ4v) is 2.22. The average Bonchev–Trinajstić information content (AvgIpc) is 2.43. The summed E-state index contributed by atoms with van der Waals surface area (Å²) in [6.45, 7) is 1.77. The molecule has 0 saturated heterocycles. The first-order valence-corrected chi connectivity index (χ1v) is 6.97. The average molecular weight is 319 g/mol. The summed E-state index contributed by atoms with van der Waals surface area (Å²) in [4.78, 5) is 11.5. The van der Waals surface area contributed by atoms with Gasteiger partial charge in [-0.25, -0.2) is 0 Å². The van der Waals surface area contributed by atoms with Gasteiger partial charge in [0, 0.05) is 6.42 Å². The van der Waals surface area contributed by atoms with E-state index in [2.05, 4.69) is 5.10 Å². The number of benzene rings is 1. The third kappa shape index (κ3) is 5.66. The maximum absolute atomic E-state index is 12.6. The lowest BCUT2D eigenvalue weighted by molar-refractivity contribution is -0.137. The molecule has 1 unspecified atom stereocenters. The molecule has 0 saturated carbocycles. The van der Waals surface area contributed by atoms with E-state index in [4.69, 9.17) is 11.6 Å². The SMILES string of the molecule is CC(CCC(=O)SC(N)=NN)c1cccc(C(F)(F)F)c1. The van der Waals surface area contributed by atoms with E-state index in [9.17, 15) is 18.0 Å². The molecular weight excluding hydrogens is 303 g/mol. The van der Waals surface area contributed by atoms with Gasteiger partial charge in [-0.05, 0) is 35.7 Å². The number of carbonyl (C=O) groups is 1. The minimum absolute atomic E-state index is 0.0354. The predicted octanol–water partition coefficient (Wildman–Crippen LogP) is 3.04. The third-order valence-corrected chi connectivity index (χ3v) is 3.66. The normalized spacial score (nSPS) is 14.0. The summed E-state index contributed by atoms with van der Waals surface area (Å²) in [5, 5.41) is 2.91. The highest BCUT2D eigenvalue weighted by atomic mass is 32.2. The molecule has 116 valence electrons. The smallest absolute Gasteiger partial charge is 0.377 e. The monoisotopic (exact) mass is 319 g/mol. The van der Waals surface area contributed by atoms with E-state index in [1.165, 1.54) is 6.07 Å². The molecule has 0 aliphatic heterocycles. The minimum Gasteiger partial charge on any atom is -0.377 e. The number of thioether (sulfide) groups is 1. The van der Waals surface area contributed by atoms with Crippen molar-refractivity contribution >= 4 is 22.0 Å². The molecule has 0 spiro atoms. The Hall–Kier alpha value is -1.70. The maximum atomic E-state index is 12.6. The summed E-state index contributed by atoms with van der Waals surface area (Å²) >= 11 is 0.728. The van der Waals surface area contributed by atoms with Crippen molar-refractivity contribution in [2.24, 2.45) is 16.7 Å². The van der Waals surface area contributed by atoms with Crippen LogP contribution in [0.4, 0.5) is 13.2 Å². The van der Waals surface area contributed by atoms with Crippen LogP contribution in [0, 0.1) is 0 Å². The summed E-state index contributed by atoms with van der Waals surface area (Å²) in [6, 6.07) is 5.12. The molecule has 4 N–H and O–H groups in total. The number of rotatable bonds is 4. The molecule has 0 radical (unpaired) electrons. The minimum atomic E-state index is -4.37. The highest BCUT2D eigenvalue weighted by molar-refractivity contribution is 8.26. The summed E-state index contributed by atoms with van der Waals surface area (Å²) in [5.74, 6) is 4.73. The van der Waals surface area contributed by atoms with Crippen LogP contribution in [0.1, 0.15) is 36.8 Å². The van der Waals surface area contributed by atoms with Crippen molar-refractivity contribution in [3.63, 3.8) is 0 Å². The second kappa shape index (κ2) is 7.35. The van der Waals surface area contributed by atoms with Crippen molar-refractivity contribution in [3.05, 3.63) is 35.4 Å². The van der Waals surface area contributed by atoms with Crippen LogP contribution in [0.3, 0.4) is 0 Å². The molecule has 0 aromatic heterocycles. The molecule has 8 heteroatoms. The number of hydrogen-bond donors (Lipinski definition) is 2. The first-order valence-electron chi connectivity index (χ1n) is 6.15. The third-order valence-electron chi connectivity index (χ3n) is 2.91. The van der Waals surface area contributed by atoms with Crippen molar-refractivity contribution in [2.45, 2.75) is 31.9 Å². The topological polar surface area (TPSA) is 81.5 Å². The van der Waals surface area contributed by atoms with E-state index < -0.39 is 11.7 Å². The van der Waals surface area contributed by atoms with Crippen LogP contribution >= 0.6 is 11.8 Å². The fraction of sp³-hybridized carbons (Fsp3) is 0.385. The highest BCUT2D eigenvalue weighted by Crippen LogP contribution is 2.32. The van der Waals surface area contributed by atoms with E-state index in [1.54, 1.807) is 13.0 Å². The molecule has 0 heterocycles. The van der Waals surface area contributed by atoms with Crippen molar-refractivity contribution in [1.82, 2.24) is 0 Å². The molecule has 4 nitrogen and oxygen atoms in total. The molecule has 1 aromatic rings. The number of carbonyl (C=O) groups excluding carboxylic acids is 1. The maximum Gasteiger partial charge on any atom is 0.416 e. The predicted molar refractivity (Wildman–Crippen MR) is 77.5 cm³/mol. The van der Waals surface area contributed by atoms with Crippen LogP contribution in [-0.2, 0) is 11.0 Å². The second-order valence-corrected chi connectivity index (χ2v) is 5.58. The molecule has 0 fully saturated rings. The van der Waals surface area contributed by atoms with Gasteiger partial charge in [0.1, 0.15) is 0 Å². The van der Waals surface area contributed by atoms with Crippen molar-refractivity contribution in [1.29, 1.82) is 0 Å². The van der Waals surface area contributed by atoms with Gasteiger partial charge in [0.25, 0.3) is 0 Å². The second-order valence-electron chi connectivity index (χ2n) is 4.50. The van der Waals surface area contributed by atoms with E-state index in [-0.39, 0.29) is 22.6 Å². The van der Waals surface area contributed by atoms with Crippen molar-refractivity contribution in [2.75, 3.05) is 0 Å². The fourth-order valence-electron chi connectivity index (χ4n) is 1.72. The van der Waals surface area contributed by atoms with Gasteiger partial charge in [0.2, 0.25) is 0 Å². The van der Waals surface area contributed by atoms with Gasteiger partial charge in [-0.3, -0.25) is 4.79 Å². The van der Waals surface area contributed by atoms with Gasteiger partial charge >= 0.3 is 6.18 Å². The van der Waals surface area contributed by atoms with Crippen LogP contribution in [0.15, 0.2) is 29.4 Å². The molecule has 0 amide bonds. The van der Waals surface area contributed by atoms with Crippen LogP contribution in [0.5, 0.6) is 0 Å². The van der Waals surface area contributed by atoms with E-state index in [1.807, 2.05) is 0 Å². The number of amidine groups is 1. The Morgan fingerprint density at radius 3 is 2.67 bits per heavy atom. The lowest BCUT2D eigenvalue weighted by Crippen LogP contribution is -2.12. The van der Waals surface area contributed by atoms with Crippen LogP contribution in [-0.4, -0.2) is 10.3 Å². The number of halogens is 3. The van der Waals surface area contributed by atoms with E-state index in [0.29, 0.717) is 12.0 Å².